The Balaban J connectivity index is 3.11. The third-order valence-electron chi connectivity index (χ3n) is 2.76. The summed E-state index contributed by atoms with van der Waals surface area (Å²) in [5.74, 6) is 0.274. The minimum absolute atomic E-state index is 0.0156. The van der Waals surface area contributed by atoms with Gasteiger partial charge in [-0.2, -0.15) is 0 Å². The number of pyridine rings is 1. The van der Waals surface area contributed by atoms with Crippen molar-refractivity contribution in [3.05, 3.63) is 23.9 Å². The topological polar surface area (TPSA) is 59.2 Å². The highest BCUT2D eigenvalue weighted by molar-refractivity contribution is 6.05. The molecule has 0 unspecified atom stereocenters. The summed E-state index contributed by atoms with van der Waals surface area (Å²) in [4.78, 5) is 17.9. The second kappa shape index (κ2) is 3.98. The van der Waals surface area contributed by atoms with Crippen LogP contribution in [0.15, 0.2) is 18.3 Å². The Morgan fingerprint density at radius 2 is 2.07 bits per heavy atom. The minimum Gasteiger partial charge on any atom is -0.383 e. The van der Waals surface area contributed by atoms with E-state index in [0.29, 0.717) is 5.56 Å². The quantitative estimate of drug-likeness (QED) is 0.756. The van der Waals surface area contributed by atoms with E-state index in [-0.39, 0.29) is 11.6 Å². The molecule has 1 rings (SSSR count). The molecule has 0 spiro atoms. The number of Topliss-reactive ketones (excluding diaryl/α,β-unsaturated/α-hetero) is 1. The first-order chi connectivity index (χ1) is 6.87. The maximum atomic E-state index is 12.2. The van der Waals surface area contributed by atoms with Crippen LogP contribution in [0.3, 0.4) is 0 Å². The number of nitrogens with two attached hydrogens (primary N) is 1. The number of likely N-dealkylation sites (N-methyl/N-ethyl adjacent to an activating group) is 1. The maximum Gasteiger partial charge on any atom is 0.186 e. The smallest absolute Gasteiger partial charge is 0.186 e. The fourth-order valence-electron chi connectivity index (χ4n) is 1.14. The van der Waals surface area contributed by atoms with E-state index in [1.807, 2.05) is 32.8 Å². The summed E-state index contributed by atoms with van der Waals surface area (Å²) in [6.45, 7) is 3.73. The van der Waals surface area contributed by atoms with Gasteiger partial charge < -0.3 is 5.73 Å². The third kappa shape index (κ3) is 2.15. The van der Waals surface area contributed by atoms with Crippen molar-refractivity contribution in [3.8, 4) is 0 Å². The Bertz CT molecular complexity index is 372. The minimum atomic E-state index is -0.572. The van der Waals surface area contributed by atoms with Gasteiger partial charge in [0.1, 0.15) is 5.82 Å². The van der Waals surface area contributed by atoms with E-state index in [4.69, 9.17) is 5.73 Å². The number of nitrogen functional groups attached to an aromatic ring is 1. The Hall–Kier alpha value is -1.42. The lowest BCUT2D eigenvalue weighted by atomic mass is 9.92. The first-order valence-corrected chi connectivity index (χ1v) is 4.80. The summed E-state index contributed by atoms with van der Waals surface area (Å²) in [5, 5.41) is 0. The first-order valence-electron chi connectivity index (χ1n) is 4.80. The van der Waals surface area contributed by atoms with Crippen molar-refractivity contribution in [1.82, 2.24) is 9.88 Å². The van der Waals surface area contributed by atoms with E-state index in [1.54, 1.807) is 18.3 Å². The number of anilines is 1. The molecule has 0 aromatic carbocycles. The van der Waals surface area contributed by atoms with Crippen molar-refractivity contribution in [2.24, 2.45) is 0 Å². The fraction of sp³-hybridized carbons (Fsp3) is 0.455. The number of hydrogen-bond donors (Lipinski definition) is 1. The second-order valence-electron chi connectivity index (χ2n) is 4.22. The van der Waals surface area contributed by atoms with Crippen LogP contribution in [0.4, 0.5) is 5.82 Å². The van der Waals surface area contributed by atoms with Crippen molar-refractivity contribution < 1.29 is 4.79 Å². The molecule has 0 aliphatic heterocycles. The number of carbonyl (C=O) groups is 1. The average Bonchev–Trinajstić information content (AvgIpc) is 2.17. The number of carbonyl (C=O) groups excluding carboxylic acids is 1. The highest BCUT2D eigenvalue weighted by Gasteiger charge is 2.32. The van der Waals surface area contributed by atoms with Gasteiger partial charge in [-0.15, -0.1) is 0 Å². The highest BCUT2D eigenvalue weighted by Crippen LogP contribution is 2.20. The molecular weight excluding hydrogens is 190 g/mol. The van der Waals surface area contributed by atoms with Gasteiger partial charge in [-0.1, -0.05) is 0 Å². The molecule has 0 amide bonds. The molecule has 15 heavy (non-hydrogen) atoms. The Morgan fingerprint density at radius 3 is 2.53 bits per heavy atom. The van der Waals surface area contributed by atoms with Crippen LogP contribution in [0.5, 0.6) is 0 Å². The van der Waals surface area contributed by atoms with Gasteiger partial charge in [0.25, 0.3) is 0 Å². The van der Waals surface area contributed by atoms with Gasteiger partial charge in [-0.05, 0) is 40.1 Å². The maximum absolute atomic E-state index is 12.2. The Morgan fingerprint density at radius 1 is 1.47 bits per heavy atom. The SMILES string of the molecule is CN(C)C(C)(C)C(=O)c1cccnc1N. The van der Waals surface area contributed by atoms with Crippen molar-refractivity contribution in [3.63, 3.8) is 0 Å². The number of aromatic nitrogens is 1. The zero-order valence-corrected chi connectivity index (χ0v) is 9.61. The number of ketones is 1. The summed E-state index contributed by atoms with van der Waals surface area (Å²) < 4.78 is 0. The standard InChI is InChI=1S/C11H17N3O/c1-11(2,14(3)4)9(15)8-6-5-7-13-10(8)12/h5-7H,1-4H3,(H2,12,13). The number of rotatable bonds is 3. The zero-order chi connectivity index (χ0) is 11.6. The predicted molar refractivity (Wildman–Crippen MR) is 60.7 cm³/mol. The first kappa shape index (κ1) is 11.7. The van der Waals surface area contributed by atoms with Gasteiger partial charge in [0.2, 0.25) is 0 Å². The monoisotopic (exact) mass is 207 g/mol. The lowest BCUT2D eigenvalue weighted by Gasteiger charge is -2.31. The molecule has 0 aliphatic carbocycles. The lowest BCUT2D eigenvalue weighted by Crippen LogP contribution is -2.45. The van der Waals surface area contributed by atoms with Crippen molar-refractivity contribution in [1.29, 1.82) is 0 Å². The summed E-state index contributed by atoms with van der Waals surface area (Å²) in [5.41, 5.74) is 5.58. The molecule has 0 saturated carbocycles. The molecular formula is C11H17N3O. The molecule has 4 heteroatoms. The summed E-state index contributed by atoms with van der Waals surface area (Å²) in [6.07, 6.45) is 1.58. The van der Waals surface area contributed by atoms with Crippen LogP contribution in [0.1, 0.15) is 24.2 Å². The average molecular weight is 207 g/mol. The van der Waals surface area contributed by atoms with E-state index in [0.717, 1.165) is 0 Å². The third-order valence-corrected chi connectivity index (χ3v) is 2.76. The molecule has 1 aromatic rings. The molecule has 0 saturated heterocycles. The molecule has 0 bridgehead atoms. The molecule has 2 N–H and O–H groups in total. The molecule has 82 valence electrons. The van der Waals surface area contributed by atoms with Crippen LogP contribution in [-0.2, 0) is 0 Å². The van der Waals surface area contributed by atoms with E-state index in [1.165, 1.54) is 0 Å². The molecule has 0 fully saturated rings. The van der Waals surface area contributed by atoms with Crippen LogP contribution in [-0.4, -0.2) is 35.3 Å². The van der Waals surface area contributed by atoms with Gasteiger partial charge in [0.05, 0.1) is 11.1 Å². The summed E-state index contributed by atoms with van der Waals surface area (Å²) >= 11 is 0. The Kier molecular flexibility index (Phi) is 3.09. The highest BCUT2D eigenvalue weighted by atomic mass is 16.1. The molecule has 0 aliphatic rings. The van der Waals surface area contributed by atoms with Gasteiger partial charge in [-0.25, -0.2) is 4.98 Å². The Labute approximate surface area is 90.1 Å². The van der Waals surface area contributed by atoms with Gasteiger partial charge in [0, 0.05) is 6.20 Å². The van der Waals surface area contributed by atoms with Crippen molar-refractivity contribution in [2.45, 2.75) is 19.4 Å². The molecule has 1 aromatic heterocycles. The van der Waals surface area contributed by atoms with Crippen LogP contribution in [0.25, 0.3) is 0 Å². The zero-order valence-electron chi connectivity index (χ0n) is 9.61. The van der Waals surface area contributed by atoms with Gasteiger partial charge in [-0.3, -0.25) is 9.69 Å². The van der Waals surface area contributed by atoms with Crippen molar-refractivity contribution in [2.75, 3.05) is 19.8 Å². The van der Waals surface area contributed by atoms with Crippen LogP contribution in [0, 0.1) is 0 Å². The second-order valence-corrected chi connectivity index (χ2v) is 4.22. The van der Waals surface area contributed by atoms with Crippen LogP contribution >= 0.6 is 0 Å². The fourth-order valence-corrected chi connectivity index (χ4v) is 1.14. The normalized spacial score (nSPS) is 11.8. The largest absolute Gasteiger partial charge is 0.383 e. The van der Waals surface area contributed by atoms with E-state index < -0.39 is 5.54 Å². The molecule has 0 atom stereocenters. The van der Waals surface area contributed by atoms with E-state index in [9.17, 15) is 4.79 Å². The summed E-state index contributed by atoms with van der Waals surface area (Å²) in [7, 11) is 3.73. The molecule has 1 heterocycles. The van der Waals surface area contributed by atoms with Gasteiger partial charge in [0.15, 0.2) is 5.78 Å². The molecule has 0 radical (unpaired) electrons. The van der Waals surface area contributed by atoms with E-state index in [2.05, 4.69) is 4.98 Å². The lowest BCUT2D eigenvalue weighted by molar-refractivity contribution is 0.0756. The van der Waals surface area contributed by atoms with E-state index >= 15 is 0 Å². The van der Waals surface area contributed by atoms with Crippen LogP contribution < -0.4 is 5.73 Å². The van der Waals surface area contributed by atoms with Gasteiger partial charge >= 0.3 is 0 Å². The number of hydrogen-bond acceptors (Lipinski definition) is 4. The molecule has 4 nitrogen and oxygen atoms in total. The summed E-state index contributed by atoms with van der Waals surface area (Å²) in [6, 6.07) is 3.42. The number of nitrogens with zero attached hydrogens (tertiary/aromatic N) is 2. The van der Waals surface area contributed by atoms with Crippen molar-refractivity contribution >= 4 is 11.6 Å². The van der Waals surface area contributed by atoms with Crippen LogP contribution in [0.2, 0.25) is 0 Å². The predicted octanol–water partition coefficient (Wildman–Crippen LogP) is 1.19.